The second-order valence-corrected chi connectivity index (χ2v) is 6.46. The number of nitro benzene ring substituents is 1. The van der Waals surface area contributed by atoms with Crippen LogP contribution in [0.15, 0.2) is 54.7 Å². The number of anilines is 1. The second kappa shape index (κ2) is 7.52. The van der Waals surface area contributed by atoms with Crippen molar-refractivity contribution in [3.05, 3.63) is 76.4 Å². The molecule has 2 aromatic heterocycles. The number of benzene rings is 2. The minimum atomic E-state index is -0.566. The molecule has 0 fully saturated rings. The number of halogens is 1. The number of carbonyl (C=O) groups is 1. The Morgan fingerprint density at radius 3 is 2.76 bits per heavy atom. The molecule has 0 aliphatic carbocycles. The fourth-order valence-electron chi connectivity index (χ4n) is 2.39. The Hall–Kier alpha value is -4.06. The van der Waals surface area contributed by atoms with Crippen LogP contribution < -0.4 is 5.32 Å². The molecule has 1 N–H and O–H groups in total. The molecular formula is C17H10FN7O3S. The molecule has 0 saturated heterocycles. The smallest absolute Gasteiger partial charge is 0.279 e. The Morgan fingerprint density at radius 1 is 1.21 bits per heavy atom. The molecule has 0 aliphatic rings. The van der Waals surface area contributed by atoms with Gasteiger partial charge in [-0.05, 0) is 30.3 Å². The number of nitrogens with zero attached hydrogens (tertiary/aromatic N) is 6. The van der Waals surface area contributed by atoms with Gasteiger partial charge < -0.3 is 0 Å². The normalized spacial score (nSPS) is 10.7. The molecule has 2 heterocycles. The van der Waals surface area contributed by atoms with Crippen LogP contribution in [0.25, 0.3) is 17.1 Å². The van der Waals surface area contributed by atoms with Crippen LogP contribution in [0.3, 0.4) is 0 Å². The number of non-ortho nitro benzene ring substituents is 1. The molecule has 0 aliphatic heterocycles. The first-order valence-electron chi connectivity index (χ1n) is 8.08. The summed E-state index contributed by atoms with van der Waals surface area (Å²) in [5.41, 5.74) is 0.890. The first-order valence-corrected chi connectivity index (χ1v) is 8.85. The van der Waals surface area contributed by atoms with Crippen molar-refractivity contribution in [1.29, 1.82) is 0 Å². The van der Waals surface area contributed by atoms with Crippen molar-refractivity contribution in [3.8, 4) is 17.1 Å². The Labute approximate surface area is 166 Å². The quantitative estimate of drug-likeness (QED) is 0.395. The maximum atomic E-state index is 13.0. The van der Waals surface area contributed by atoms with E-state index in [0.717, 1.165) is 11.5 Å². The molecule has 4 rings (SSSR count). The van der Waals surface area contributed by atoms with Crippen LogP contribution in [0.4, 0.5) is 15.2 Å². The highest BCUT2D eigenvalue weighted by Crippen LogP contribution is 2.22. The molecule has 0 atom stereocenters. The lowest BCUT2D eigenvalue weighted by Crippen LogP contribution is -2.12. The van der Waals surface area contributed by atoms with Crippen LogP contribution in [-0.2, 0) is 0 Å². The zero-order valence-electron chi connectivity index (χ0n) is 14.4. The Morgan fingerprint density at radius 2 is 2.00 bits per heavy atom. The molecule has 2 aromatic carbocycles. The summed E-state index contributed by atoms with van der Waals surface area (Å²) in [6.45, 7) is 0. The number of hydrogen-bond acceptors (Lipinski definition) is 8. The third-order valence-corrected chi connectivity index (χ3v) is 4.41. The van der Waals surface area contributed by atoms with E-state index < -0.39 is 10.8 Å². The maximum absolute atomic E-state index is 13.0. The van der Waals surface area contributed by atoms with E-state index in [2.05, 4.69) is 25.0 Å². The molecule has 10 nitrogen and oxygen atoms in total. The largest absolute Gasteiger partial charge is 0.295 e. The highest BCUT2D eigenvalue weighted by Gasteiger charge is 2.16. The predicted octanol–water partition coefficient (Wildman–Crippen LogP) is 3.09. The summed E-state index contributed by atoms with van der Waals surface area (Å²) in [7, 11) is 0. The Kier molecular flexibility index (Phi) is 4.75. The van der Waals surface area contributed by atoms with Gasteiger partial charge in [-0.25, -0.2) is 9.07 Å². The lowest BCUT2D eigenvalue weighted by atomic mass is 10.2. The van der Waals surface area contributed by atoms with Gasteiger partial charge in [-0.15, -0.1) is 5.10 Å². The van der Waals surface area contributed by atoms with Crippen LogP contribution in [0.2, 0.25) is 0 Å². The van der Waals surface area contributed by atoms with Gasteiger partial charge in [0.1, 0.15) is 5.82 Å². The summed E-state index contributed by atoms with van der Waals surface area (Å²) in [6.07, 6.45) is 1.34. The van der Waals surface area contributed by atoms with Gasteiger partial charge in [0.05, 0.1) is 16.8 Å². The fraction of sp³-hybridized carbons (Fsp3) is 0. The molecule has 1 amide bonds. The van der Waals surface area contributed by atoms with E-state index in [1.807, 2.05) is 0 Å². The van der Waals surface area contributed by atoms with E-state index in [-0.39, 0.29) is 22.3 Å². The third kappa shape index (κ3) is 3.96. The Balaban J connectivity index is 1.49. The molecule has 0 spiro atoms. The van der Waals surface area contributed by atoms with Crippen molar-refractivity contribution in [2.75, 3.05) is 5.32 Å². The van der Waals surface area contributed by atoms with Crippen LogP contribution >= 0.6 is 11.5 Å². The number of nitro groups is 1. The lowest BCUT2D eigenvalue weighted by Gasteiger charge is -1.99. The molecule has 4 aromatic rings. The van der Waals surface area contributed by atoms with E-state index in [1.165, 1.54) is 53.3 Å². The minimum absolute atomic E-state index is 0.00459. The first-order chi connectivity index (χ1) is 14.0. The minimum Gasteiger partial charge on any atom is -0.295 e. The van der Waals surface area contributed by atoms with Gasteiger partial charge in [-0.3, -0.25) is 20.2 Å². The van der Waals surface area contributed by atoms with Gasteiger partial charge in [-0.2, -0.15) is 9.36 Å². The van der Waals surface area contributed by atoms with Crippen molar-refractivity contribution in [1.82, 2.24) is 24.4 Å². The van der Waals surface area contributed by atoms with Gasteiger partial charge in [0.25, 0.3) is 11.6 Å². The van der Waals surface area contributed by atoms with Gasteiger partial charge >= 0.3 is 0 Å². The highest BCUT2D eigenvalue weighted by atomic mass is 32.1. The second-order valence-electron chi connectivity index (χ2n) is 5.71. The van der Waals surface area contributed by atoms with E-state index in [0.29, 0.717) is 17.1 Å². The number of rotatable bonds is 5. The molecule has 29 heavy (non-hydrogen) atoms. The lowest BCUT2D eigenvalue weighted by molar-refractivity contribution is -0.384. The monoisotopic (exact) mass is 411 g/mol. The van der Waals surface area contributed by atoms with Gasteiger partial charge in [-0.1, -0.05) is 11.3 Å². The number of amides is 1. The predicted molar refractivity (Wildman–Crippen MR) is 101 cm³/mol. The zero-order chi connectivity index (χ0) is 20.4. The summed E-state index contributed by atoms with van der Waals surface area (Å²) in [5, 5.41) is 21.3. The van der Waals surface area contributed by atoms with Gasteiger partial charge in [0.15, 0.2) is 11.5 Å². The molecule has 0 bridgehead atoms. The van der Waals surface area contributed by atoms with Crippen molar-refractivity contribution in [3.63, 3.8) is 0 Å². The van der Waals surface area contributed by atoms with Crippen molar-refractivity contribution in [2.45, 2.75) is 0 Å². The third-order valence-electron chi connectivity index (χ3n) is 3.78. The number of carbonyl (C=O) groups excluding carboxylic acids is 1. The molecule has 0 saturated carbocycles. The maximum Gasteiger partial charge on any atom is 0.279 e. The first kappa shape index (κ1) is 18.3. The summed E-state index contributed by atoms with van der Waals surface area (Å²) in [4.78, 5) is 26.9. The summed E-state index contributed by atoms with van der Waals surface area (Å²) in [5.74, 6) is -0.585. The van der Waals surface area contributed by atoms with Crippen molar-refractivity contribution < 1.29 is 14.1 Å². The van der Waals surface area contributed by atoms with Crippen LogP contribution in [0.1, 0.15) is 10.5 Å². The standard InChI is InChI=1S/C17H10FN7O3S/c18-11-6-4-10(5-7-11)15-19-17(29-22-15)20-16(26)14-9-24(23-21-14)12-2-1-3-13(8-12)25(27)28/h1-9H,(H,19,20,22,26). The van der Waals surface area contributed by atoms with Crippen LogP contribution in [0.5, 0.6) is 0 Å². The van der Waals surface area contributed by atoms with E-state index in [9.17, 15) is 19.3 Å². The molecule has 144 valence electrons. The van der Waals surface area contributed by atoms with E-state index in [1.54, 1.807) is 6.07 Å². The summed E-state index contributed by atoms with van der Waals surface area (Å²) >= 11 is 0.963. The topological polar surface area (TPSA) is 129 Å². The van der Waals surface area contributed by atoms with Gasteiger partial charge in [0.2, 0.25) is 5.13 Å². The van der Waals surface area contributed by atoms with Crippen LogP contribution in [0, 0.1) is 15.9 Å². The average Bonchev–Trinajstić information content (AvgIpc) is 3.38. The zero-order valence-corrected chi connectivity index (χ0v) is 15.2. The number of aromatic nitrogens is 5. The van der Waals surface area contributed by atoms with Crippen molar-refractivity contribution in [2.24, 2.45) is 0 Å². The fourth-order valence-corrected chi connectivity index (χ4v) is 2.98. The summed E-state index contributed by atoms with van der Waals surface area (Å²) < 4.78 is 18.4. The number of nitrogens with one attached hydrogen (secondary N) is 1. The van der Waals surface area contributed by atoms with E-state index >= 15 is 0 Å². The molecule has 12 heteroatoms. The Bertz CT molecular complexity index is 1210. The van der Waals surface area contributed by atoms with Crippen molar-refractivity contribution >= 4 is 28.3 Å². The molecule has 0 unspecified atom stereocenters. The SMILES string of the molecule is O=C(Nc1nc(-c2ccc(F)cc2)ns1)c1cn(-c2cccc([N+](=O)[O-])c2)nn1. The summed E-state index contributed by atoms with van der Waals surface area (Å²) in [6, 6.07) is 11.4. The average molecular weight is 411 g/mol. The molecule has 0 radical (unpaired) electrons. The van der Waals surface area contributed by atoms with E-state index in [4.69, 9.17) is 0 Å². The van der Waals surface area contributed by atoms with Crippen LogP contribution in [-0.4, -0.2) is 35.2 Å². The highest BCUT2D eigenvalue weighted by molar-refractivity contribution is 7.10. The van der Waals surface area contributed by atoms with Gasteiger partial charge in [0, 0.05) is 29.2 Å². The molecular weight excluding hydrogens is 401 g/mol. The number of hydrogen-bond donors (Lipinski definition) is 1.